The largest absolute Gasteiger partial charge is 0.392 e. The SMILES string of the molecule is CCCCN(C(=O)C(=O)NCC(N)=S)C1CC1. The molecule has 1 saturated carbocycles. The molecule has 1 aliphatic carbocycles. The number of carbonyl (C=O) groups excluding carboxylic acids is 2. The van der Waals surface area contributed by atoms with Crippen LogP contribution in [0.1, 0.15) is 32.6 Å². The van der Waals surface area contributed by atoms with Gasteiger partial charge in [0.05, 0.1) is 11.5 Å². The van der Waals surface area contributed by atoms with Crippen LogP contribution in [0.5, 0.6) is 0 Å². The Bertz CT molecular complexity index is 316. The van der Waals surface area contributed by atoms with E-state index in [2.05, 4.69) is 24.5 Å². The monoisotopic (exact) mass is 257 g/mol. The van der Waals surface area contributed by atoms with Gasteiger partial charge in [-0.25, -0.2) is 0 Å². The fourth-order valence-electron chi connectivity index (χ4n) is 1.54. The first-order valence-electron chi connectivity index (χ1n) is 5.93. The van der Waals surface area contributed by atoms with Crippen molar-refractivity contribution >= 4 is 29.0 Å². The van der Waals surface area contributed by atoms with E-state index in [4.69, 9.17) is 5.73 Å². The highest BCUT2D eigenvalue weighted by Gasteiger charge is 2.34. The van der Waals surface area contributed by atoms with E-state index in [0.29, 0.717) is 6.54 Å². The second kappa shape index (κ2) is 6.54. The number of hydrogen-bond acceptors (Lipinski definition) is 3. The van der Waals surface area contributed by atoms with E-state index in [1.807, 2.05) is 0 Å². The van der Waals surface area contributed by atoms with Crippen LogP contribution in [0.25, 0.3) is 0 Å². The predicted molar refractivity (Wildman–Crippen MR) is 69.4 cm³/mol. The summed E-state index contributed by atoms with van der Waals surface area (Å²) in [6.07, 6.45) is 3.92. The molecule has 0 radical (unpaired) electrons. The van der Waals surface area contributed by atoms with Crippen LogP contribution >= 0.6 is 12.2 Å². The van der Waals surface area contributed by atoms with Gasteiger partial charge in [-0.1, -0.05) is 25.6 Å². The highest BCUT2D eigenvalue weighted by molar-refractivity contribution is 7.80. The highest BCUT2D eigenvalue weighted by Crippen LogP contribution is 2.27. The number of carbonyl (C=O) groups is 2. The molecular weight excluding hydrogens is 238 g/mol. The summed E-state index contributed by atoms with van der Waals surface area (Å²) in [6.45, 7) is 2.79. The Morgan fingerprint density at radius 2 is 2.12 bits per heavy atom. The van der Waals surface area contributed by atoms with Gasteiger partial charge in [-0.05, 0) is 19.3 Å². The quantitative estimate of drug-likeness (QED) is 0.526. The summed E-state index contributed by atoms with van der Waals surface area (Å²) in [5.74, 6) is -1.07. The van der Waals surface area contributed by atoms with Gasteiger partial charge in [-0.3, -0.25) is 9.59 Å². The molecular formula is C11H19N3O2S. The summed E-state index contributed by atoms with van der Waals surface area (Å²) in [4.78, 5) is 25.3. The Hall–Kier alpha value is -1.17. The minimum Gasteiger partial charge on any atom is -0.392 e. The second-order valence-electron chi connectivity index (χ2n) is 4.23. The first-order valence-corrected chi connectivity index (χ1v) is 6.34. The van der Waals surface area contributed by atoms with Crippen LogP contribution in [-0.4, -0.2) is 40.8 Å². The average molecular weight is 257 g/mol. The molecule has 0 unspecified atom stereocenters. The summed E-state index contributed by atoms with van der Waals surface area (Å²) in [7, 11) is 0. The van der Waals surface area contributed by atoms with E-state index in [0.717, 1.165) is 25.7 Å². The van der Waals surface area contributed by atoms with Gasteiger partial charge in [-0.2, -0.15) is 0 Å². The van der Waals surface area contributed by atoms with Gasteiger partial charge in [0.1, 0.15) is 0 Å². The molecule has 5 nitrogen and oxygen atoms in total. The van der Waals surface area contributed by atoms with Crippen LogP contribution in [-0.2, 0) is 9.59 Å². The molecule has 1 fully saturated rings. The van der Waals surface area contributed by atoms with E-state index in [9.17, 15) is 9.59 Å². The minimum atomic E-state index is -0.610. The predicted octanol–water partition coefficient (Wildman–Crippen LogP) is 0.180. The zero-order chi connectivity index (χ0) is 12.8. The lowest BCUT2D eigenvalue weighted by atomic mass is 10.3. The summed E-state index contributed by atoms with van der Waals surface area (Å²) < 4.78 is 0. The number of hydrogen-bond donors (Lipinski definition) is 2. The first kappa shape index (κ1) is 13.9. The van der Waals surface area contributed by atoms with Crippen LogP contribution in [0.3, 0.4) is 0 Å². The number of nitrogens with two attached hydrogens (primary N) is 1. The molecule has 3 N–H and O–H groups in total. The fourth-order valence-corrected chi connectivity index (χ4v) is 1.61. The maximum atomic E-state index is 11.9. The molecule has 96 valence electrons. The van der Waals surface area contributed by atoms with Gasteiger partial charge in [0.15, 0.2) is 0 Å². The zero-order valence-corrected chi connectivity index (χ0v) is 10.9. The number of nitrogens with one attached hydrogen (secondary N) is 1. The summed E-state index contributed by atoms with van der Waals surface area (Å²) in [5, 5.41) is 2.43. The zero-order valence-electron chi connectivity index (χ0n) is 10.1. The molecule has 1 aliphatic rings. The number of nitrogens with zero attached hydrogens (tertiary/aromatic N) is 1. The van der Waals surface area contributed by atoms with Gasteiger partial charge in [0.2, 0.25) is 0 Å². The smallest absolute Gasteiger partial charge is 0.312 e. The molecule has 0 aliphatic heterocycles. The maximum absolute atomic E-state index is 11.9. The Balaban J connectivity index is 2.45. The van der Waals surface area contributed by atoms with Gasteiger partial charge in [0.25, 0.3) is 0 Å². The van der Waals surface area contributed by atoms with Crippen molar-refractivity contribution < 1.29 is 9.59 Å². The Labute approximate surface area is 107 Å². The highest BCUT2D eigenvalue weighted by atomic mass is 32.1. The second-order valence-corrected chi connectivity index (χ2v) is 4.76. The summed E-state index contributed by atoms with van der Waals surface area (Å²) in [6, 6.07) is 0.254. The van der Waals surface area contributed by atoms with E-state index < -0.39 is 11.8 Å². The molecule has 0 atom stereocenters. The van der Waals surface area contributed by atoms with Gasteiger partial charge >= 0.3 is 11.8 Å². The fraction of sp³-hybridized carbons (Fsp3) is 0.727. The Kier molecular flexibility index (Phi) is 5.34. The van der Waals surface area contributed by atoms with Crippen LogP contribution in [0.15, 0.2) is 0 Å². The van der Waals surface area contributed by atoms with Crippen molar-refractivity contribution in [3.05, 3.63) is 0 Å². The van der Waals surface area contributed by atoms with Crippen molar-refractivity contribution in [2.45, 2.75) is 38.6 Å². The van der Waals surface area contributed by atoms with Crippen LogP contribution in [0.4, 0.5) is 0 Å². The molecule has 0 aromatic heterocycles. The number of rotatable bonds is 6. The van der Waals surface area contributed by atoms with Crippen molar-refractivity contribution in [3.8, 4) is 0 Å². The lowest BCUT2D eigenvalue weighted by Gasteiger charge is -2.21. The third-order valence-corrected chi connectivity index (χ3v) is 2.76. The minimum absolute atomic E-state index is 0.0756. The molecule has 0 heterocycles. The number of unbranched alkanes of at least 4 members (excludes halogenated alkanes) is 1. The lowest BCUT2D eigenvalue weighted by molar-refractivity contribution is -0.146. The van der Waals surface area contributed by atoms with Crippen LogP contribution in [0.2, 0.25) is 0 Å². The van der Waals surface area contributed by atoms with E-state index >= 15 is 0 Å². The third kappa shape index (κ3) is 4.68. The van der Waals surface area contributed by atoms with E-state index in [1.54, 1.807) is 4.90 Å². The molecule has 6 heteroatoms. The molecule has 0 bridgehead atoms. The molecule has 0 spiro atoms. The molecule has 0 saturated heterocycles. The standard InChI is InChI=1S/C11H19N3O2S/c1-2-3-6-14(8-4-5-8)11(16)10(15)13-7-9(12)17/h8H,2-7H2,1H3,(H2,12,17)(H,13,15). The maximum Gasteiger partial charge on any atom is 0.312 e. The van der Waals surface area contributed by atoms with Crippen molar-refractivity contribution in [1.82, 2.24) is 10.2 Å². The van der Waals surface area contributed by atoms with Crippen molar-refractivity contribution in [2.24, 2.45) is 5.73 Å². The van der Waals surface area contributed by atoms with Crippen LogP contribution < -0.4 is 11.1 Å². The molecule has 0 aromatic rings. The van der Waals surface area contributed by atoms with Gasteiger partial charge < -0.3 is 16.0 Å². The number of amides is 2. The molecule has 1 rings (SSSR count). The lowest BCUT2D eigenvalue weighted by Crippen LogP contribution is -2.46. The molecule has 0 aromatic carbocycles. The number of thiocarbonyl (C=S) groups is 1. The Morgan fingerprint density at radius 3 is 2.59 bits per heavy atom. The summed E-state index contributed by atoms with van der Waals surface area (Å²) >= 11 is 4.64. The molecule has 17 heavy (non-hydrogen) atoms. The normalized spacial score (nSPS) is 14.2. The van der Waals surface area contributed by atoms with Crippen molar-refractivity contribution in [2.75, 3.05) is 13.1 Å². The van der Waals surface area contributed by atoms with Crippen LogP contribution in [0, 0.1) is 0 Å². The van der Waals surface area contributed by atoms with E-state index in [-0.39, 0.29) is 17.6 Å². The van der Waals surface area contributed by atoms with Crippen molar-refractivity contribution in [1.29, 1.82) is 0 Å². The topological polar surface area (TPSA) is 75.4 Å². The van der Waals surface area contributed by atoms with Crippen molar-refractivity contribution in [3.63, 3.8) is 0 Å². The first-order chi connectivity index (χ1) is 8.06. The third-order valence-electron chi connectivity index (χ3n) is 2.62. The van der Waals surface area contributed by atoms with Gasteiger partial charge in [-0.15, -0.1) is 0 Å². The Morgan fingerprint density at radius 1 is 1.47 bits per heavy atom. The summed E-state index contributed by atoms with van der Waals surface area (Å²) in [5.41, 5.74) is 5.26. The molecule has 2 amide bonds. The average Bonchev–Trinajstić information content (AvgIpc) is 3.10. The van der Waals surface area contributed by atoms with E-state index in [1.165, 1.54) is 0 Å². The van der Waals surface area contributed by atoms with Gasteiger partial charge in [0, 0.05) is 12.6 Å².